The van der Waals surface area contributed by atoms with E-state index in [4.69, 9.17) is 27.9 Å². The number of nitro groups is 1. The van der Waals surface area contributed by atoms with Crippen LogP contribution >= 0.6 is 39.1 Å². The molecule has 2 aromatic rings. The lowest BCUT2D eigenvalue weighted by molar-refractivity contribution is -0.386. The zero-order chi connectivity index (χ0) is 14.9. The Morgan fingerprint density at radius 2 is 2.05 bits per heavy atom. The van der Waals surface area contributed by atoms with Crippen LogP contribution in [0.2, 0.25) is 10.3 Å². The third kappa shape index (κ3) is 3.17. The number of nitrogens with zero attached hydrogens (tertiary/aromatic N) is 3. The number of ether oxygens (including phenoxy) is 1. The molecule has 0 bridgehead atoms. The molecule has 0 aliphatic carbocycles. The maximum absolute atomic E-state index is 11.1. The molecule has 0 N–H and O–H groups in total. The fourth-order valence-electron chi connectivity index (χ4n) is 1.45. The third-order valence-electron chi connectivity index (χ3n) is 2.28. The summed E-state index contributed by atoms with van der Waals surface area (Å²) >= 11 is 14.9. The molecule has 1 heterocycles. The minimum absolute atomic E-state index is 0.108. The van der Waals surface area contributed by atoms with Crippen molar-refractivity contribution in [1.29, 1.82) is 0 Å². The molecule has 0 spiro atoms. The van der Waals surface area contributed by atoms with Crippen LogP contribution in [0.1, 0.15) is 5.69 Å². The van der Waals surface area contributed by atoms with Crippen LogP contribution in [0.3, 0.4) is 0 Å². The molecule has 0 saturated heterocycles. The van der Waals surface area contributed by atoms with Crippen LogP contribution in [0.15, 0.2) is 22.7 Å². The highest BCUT2D eigenvalue weighted by Gasteiger charge is 2.24. The summed E-state index contributed by atoms with van der Waals surface area (Å²) in [5.41, 5.74) is -0.249. The topological polar surface area (TPSA) is 78.2 Å². The average molecular weight is 379 g/mol. The molecule has 0 amide bonds. The van der Waals surface area contributed by atoms with Crippen molar-refractivity contribution in [2.24, 2.45) is 0 Å². The van der Waals surface area contributed by atoms with Gasteiger partial charge in [-0.05, 0) is 36.7 Å². The van der Waals surface area contributed by atoms with E-state index >= 15 is 0 Å². The maximum atomic E-state index is 11.1. The zero-order valence-corrected chi connectivity index (χ0v) is 13.0. The summed E-state index contributed by atoms with van der Waals surface area (Å²) in [5.74, 6) is -0.0363. The fraction of sp³-hybridized carbons (Fsp3) is 0.0909. The molecule has 20 heavy (non-hydrogen) atoms. The minimum atomic E-state index is -0.632. The van der Waals surface area contributed by atoms with Gasteiger partial charge in [-0.1, -0.05) is 27.5 Å². The van der Waals surface area contributed by atoms with E-state index < -0.39 is 4.92 Å². The number of aryl methyl sites for hydroxylation is 1. The molecule has 0 fully saturated rings. The van der Waals surface area contributed by atoms with Crippen LogP contribution in [-0.4, -0.2) is 14.9 Å². The first-order chi connectivity index (χ1) is 9.38. The van der Waals surface area contributed by atoms with E-state index in [1.54, 1.807) is 18.2 Å². The van der Waals surface area contributed by atoms with Crippen molar-refractivity contribution < 1.29 is 9.66 Å². The van der Waals surface area contributed by atoms with Gasteiger partial charge in [0.25, 0.3) is 0 Å². The van der Waals surface area contributed by atoms with Crippen LogP contribution in [0.5, 0.6) is 11.6 Å². The summed E-state index contributed by atoms with van der Waals surface area (Å²) < 4.78 is 6.11. The lowest BCUT2D eigenvalue weighted by Gasteiger charge is -2.08. The van der Waals surface area contributed by atoms with E-state index in [0.717, 1.165) is 0 Å². The SMILES string of the molecule is Cc1nc(Cl)nc(Oc2cc(Br)ccc2Cl)c1[N+](=O)[O-]. The fourth-order valence-corrected chi connectivity index (χ4v) is 2.15. The zero-order valence-electron chi connectivity index (χ0n) is 9.93. The number of rotatable bonds is 3. The van der Waals surface area contributed by atoms with E-state index in [9.17, 15) is 10.1 Å². The molecule has 1 aromatic carbocycles. The van der Waals surface area contributed by atoms with E-state index in [0.29, 0.717) is 4.47 Å². The van der Waals surface area contributed by atoms with Gasteiger partial charge < -0.3 is 4.74 Å². The molecule has 0 radical (unpaired) electrons. The summed E-state index contributed by atoms with van der Waals surface area (Å²) in [5, 5.41) is 11.2. The molecule has 9 heteroatoms. The molecule has 1 aromatic heterocycles. The van der Waals surface area contributed by atoms with Gasteiger partial charge in [0, 0.05) is 4.47 Å². The molecule has 0 saturated carbocycles. The predicted molar refractivity (Wildman–Crippen MR) is 77.7 cm³/mol. The molecule has 6 nitrogen and oxygen atoms in total. The van der Waals surface area contributed by atoms with Gasteiger partial charge in [-0.15, -0.1) is 0 Å². The van der Waals surface area contributed by atoms with Gasteiger partial charge in [0.2, 0.25) is 5.28 Å². The molecule has 104 valence electrons. The van der Waals surface area contributed by atoms with Crippen molar-refractivity contribution in [2.75, 3.05) is 0 Å². The molecular weight excluding hydrogens is 373 g/mol. The summed E-state index contributed by atoms with van der Waals surface area (Å²) in [6.45, 7) is 1.45. The summed E-state index contributed by atoms with van der Waals surface area (Å²) in [6.07, 6.45) is 0. The average Bonchev–Trinajstić information content (AvgIpc) is 2.32. The summed E-state index contributed by atoms with van der Waals surface area (Å²) in [7, 11) is 0. The van der Waals surface area contributed by atoms with Gasteiger partial charge in [0.15, 0.2) is 0 Å². The standard InChI is InChI=1S/C11H6BrCl2N3O3/c1-5-9(17(18)19)10(16-11(14)15-5)20-8-4-6(12)2-3-7(8)13/h2-4H,1H3. The van der Waals surface area contributed by atoms with E-state index in [2.05, 4.69) is 25.9 Å². The van der Waals surface area contributed by atoms with Crippen molar-refractivity contribution in [1.82, 2.24) is 9.97 Å². The van der Waals surface area contributed by atoms with Crippen LogP contribution in [0.4, 0.5) is 5.69 Å². The largest absolute Gasteiger partial charge is 0.432 e. The Kier molecular flexibility index (Phi) is 4.42. The normalized spacial score (nSPS) is 10.4. The summed E-state index contributed by atoms with van der Waals surface area (Å²) in [6, 6.07) is 4.86. The van der Waals surface area contributed by atoms with Gasteiger partial charge in [-0.3, -0.25) is 10.1 Å². The second kappa shape index (κ2) is 5.90. The second-order valence-corrected chi connectivity index (χ2v) is 5.33. The van der Waals surface area contributed by atoms with Crippen LogP contribution in [-0.2, 0) is 0 Å². The van der Waals surface area contributed by atoms with Crippen LogP contribution in [0.25, 0.3) is 0 Å². The number of aromatic nitrogens is 2. The first-order valence-corrected chi connectivity index (χ1v) is 6.75. The molecular formula is C11H6BrCl2N3O3. The van der Waals surface area contributed by atoms with Crippen LogP contribution < -0.4 is 4.74 Å². The molecule has 0 aliphatic rings. The van der Waals surface area contributed by atoms with Gasteiger partial charge in [-0.2, -0.15) is 4.98 Å². The maximum Gasteiger partial charge on any atom is 0.352 e. The lowest BCUT2D eigenvalue weighted by atomic mass is 10.3. The Hall–Kier alpha value is -1.44. The molecule has 0 unspecified atom stereocenters. The Morgan fingerprint density at radius 1 is 1.35 bits per heavy atom. The van der Waals surface area contributed by atoms with E-state index in [1.165, 1.54) is 6.92 Å². The van der Waals surface area contributed by atoms with Crippen molar-refractivity contribution in [3.05, 3.63) is 48.8 Å². The smallest absolute Gasteiger partial charge is 0.352 e. The van der Waals surface area contributed by atoms with E-state index in [-0.39, 0.29) is 33.3 Å². The van der Waals surface area contributed by atoms with Crippen molar-refractivity contribution in [3.63, 3.8) is 0 Å². The molecule has 2 rings (SSSR count). The Balaban J connectivity index is 2.53. The van der Waals surface area contributed by atoms with Gasteiger partial charge in [-0.25, -0.2) is 4.98 Å². The first-order valence-electron chi connectivity index (χ1n) is 5.20. The number of hydrogen-bond donors (Lipinski definition) is 0. The monoisotopic (exact) mass is 377 g/mol. The Morgan fingerprint density at radius 3 is 2.70 bits per heavy atom. The number of benzene rings is 1. The molecule has 0 aliphatic heterocycles. The van der Waals surface area contributed by atoms with Gasteiger partial charge in [0.1, 0.15) is 11.4 Å². The quantitative estimate of drug-likeness (QED) is 0.444. The first kappa shape index (κ1) is 15.0. The van der Waals surface area contributed by atoms with E-state index in [1.807, 2.05) is 0 Å². The Bertz CT molecular complexity index is 697. The van der Waals surface area contributed by atoms with Gasteiger partial charge in [0.05, 0.1) is 9.95 Å². The van der Waals surface area contributed by atoms with Crippen molar-refractivity contribution >= 4 is 44.8 Å². The van der Waals surface area contributed by atoms with Crippen LogP contribution in [0, 0.1) is 17.0 Å². The van der Waals surface area contributed by atoms with Crippen molar-refractivity contribution in [3.8, 4) is 11.6 Å². The lowest BCUT2D eigenvalue weighted by Crippen LogP contribution is -2.01. The highest BCUT2D eigenvalue weighted by Crippen LogP contribution is 2.36. The number of halogens is 3. The predicted octanol–water partition coefficient (Wildman–Crippen LogP) is 4.55. The highest BCUT2D eigenvalue weighted by molar-refractivity contribution is 9.10. The number of hydrogen-bond acceptors (Lipinski definition) is 5. The minimum Gasteiger partial charge on any atom is -0.432 e. The van der Waals surface area contributed by atoms with Gasteiger partial charge >= 0.3 is 11.6 Å². The molecule has 0 atom stereocenters. The van der Waals surface area contributed by atoms with Crippen molar-refractivity contribution in [2.45, 2.75) is 6.92 Å². The second-order valence-electron chi connectivity index (χ2n) is 3.67. The third-order valence-corrected chi connectivity index (χ3v) is 3.26. The highest BCUT2D eigenvalue weighted by atomic mass is 79.9. The summed E-state index contributed by atoms with van der Waals surface area (Å²) in [4.78, 5) is 17.9. The Labute approximate surface area is 132 Å².